The van der Waals surface area contributed by atoms with Crippen molar-refractivity contribution in [3.8, 4) is 5.75 Å². The van der Waals surface area contributed by atoms with E-state index in [4.69, 9.17) is 4.74 Å². The highest BCUT2D eigenvalue weighted by molar-refractivity contribution is 7.99. The molecule has 2 aromatic carbocycles. The molecule has 2 heterocycles. The Labute approximate surface area is 190 Å². The number of aryl methyl sites for hydroxylation is 2. The van der Waals surface area contributed by atoms with Gasteiger partial charge in [0, 0.05) is 23.5 Å². The van der Waals surface area contributed by atoms with Gasteiger partial charge in [-0.25, -0.2) is 4.98 Å². The molecule has 0 aliphatic carbocycles. The van der Waals surface area contributed by atoms with Gasteiger partial charge in [-0.2, -0.15) is 0 Å². The minimum Gasteiger partial charge on any atom is -0.497 e. The Hall–Kier alpha value is -3.32. The second-order valence-corrected chi connectivity index (χ2v) is 8.60. The summed E-state index contributed by atoms with van der Waals surface area (Å²) in [7, 11) is 1.66. The first-order chi connectivity index (χ1) is 15.5. The number of carbonyl (C=O) groups is 1. The molecule has 7 heteroatoms. The van der Waals surface area contributed by atoms with E-state index in [-0.39, 0.29) is 17.1 Å². The van der Waals surface area contributed by atoms with Crippen molar-refractivity contribution in [3.63, 3.8) is 0 Å². The second kappa shape index (κ2) is 9.44. The van der Waals surface area contributed by atoms with E-state index in [1.165, 1.54) is 17.3 Å². The van der Waals surface area contributed by atoms with Gasteiger partial charge in [0.2, 0.25) is 0 Å². The summed E-state index contributed by atoms with van der Waals surface area (Å²) in [6.07, 6.45) is 0.866. The number of methoxy groups -OCH3 is 1. The van der Waals surface area contributed by atoms with E-state index in [1.54, 1.807) is 25.3 Å². The van der Waals surface area contributed by atoms with Gasteiger partial charge < -0.3 is 14.3 Å². The van der Waals surface area contributed by atoms with E-state index in [1.807, 2.05) is 38.1 Å². The van der Waals surface area contributed by atoms with Crippen LogP contribution in [0.5, 0.6) is 5.75 Å². The third kappa shape index (κ3) is 4.62. The second-order valence-electron chi connectivity index (χ2n) is 7.63. The maximum Gasteiger partial charge on any atom is 0.259 e. The summed E-state index contributed by atoms with van der Waals surface area (Å²) in [5.74, 6) is 1.08. The Morgan fingerprint density at radius 1 is 1.12 bits per heavy atom. The highest BCUT2D eigenvalue weighted by atomic mass is 32.2. The third-order valence-electron chi connectivity index (χ3n) is 5.59. The monoisotopic (exact) mass is 447 g/mol. The van der Waals surface area contributed by atoms with Gasteiger partial charge in [0.25, 0.3) is 5.56 Å². The quantitative estimate of drug-likeness (QED) is 0.243. The molecule has 0 aliphatic rings. The average molecular weight is 448 g/mol. The summed E-state index contributed by atoms with van der Waals surface area (Å²) < 4.78 is 7.39. The van der Waals surface area contributed by atoms with Crippen molar-refractivity contribution < 1.29 is 9.53 Å². The van der Waals surface area contributed by atoms with E-state index >= 15 is 0 Å². The predicted octanol–water partition coefficient (Wildman–Crippen LogP) is 4.57. The van der Waals surface area contributed by atoms with Crippen LogP contribution in [-0.2, 0) is 13.0 Å². The summed E-state index contributed by atoms with van der Waals surface area (Å²) in [6, 6.07) is 17.2. The molecule has 0 saturated heterocycles. The molecular weight excluding hydrogens is 422 g/mol. The molecular formula is C25H25N3O3S. The van der Waals surface area contributed by atoms with Crippen LogP contribution >= 0.6 is 11.8 Å². The lowest BCUT2D eigenvalue weighted by atomic mass is 10.1. The number of para-hydroxylation sites is 1. The first-order valence-electron chi connectivity index (χ1n) is 10.4. The minimum atomic E-state index is -0.192. The van der Waals surface area contributed by atoms with E-state index in [0.29, 0.717) is 21.6 Å². The largest absolute Gasteiger partial charge is 0.497 e. The van der Waals surface area contributed by atoms with Gasteiger partial charge in [-0.05, 0) is 56.2 Å². The van der Waals surface area contributed by atoms with Crippen LogP contribution in [0.15, 0.2) is 64.5 Å². The first kappa shape index (κ1) is 21.9. The van der Waals surface area contributed by atoms with Crippen molar-refractivity contribution in [3.05, 3.63) is 87.5 Å². The molecule has 0 saturated carbocycles. The molecule has 0 fully saturated rings. The van der Waals surface area contributed by atoms with Crippen molar-refractivity contribution in [2.75, 3.05) is 12.9 Å². The van der Waals surface area contributed by atoms with Gasteiger partial charge in [-0.15, -0.1) is 0 Å². The van der Waals surface area contributed by atoms with Crippen molar-refractivity contribution >= 4 is 28.4 Å². The van der Waals surface area contributed by atoms with Crippen LogP contribution in [0.2, 0.25) is 0 Å². The number of H-pyrrole nitrogens is 1. The Morgan fingerprint density at radius 2 is 1.88 bits per heavy atom. The molecule has 0 atom stereocenters. The number of nitrogens with one attached hydrogen (secondary N) is 1. The molecule has 0 unspecified atom stereocenters. The summed E-state index contributed by atoms with van der Waals surface area (Å²) in [6.45, 7) is 4.80. The zero-order valence-corrected chi connectivity index (χ0v) is 19.2. The van der Waals surface area contributed by atoms with Gasteiger partial charge in [-0.1, -0.05) is 36.0 Å². The molecule has 32 heavy (non-hydrogen) atoms. The van der Waals surface area contributed by atoms with Crippen LogP contribution in [0, 0.1) is 13.8 Å². The Balaban J connectivity index is 1.44. The number of hydrogen-bond donors (Lipinski definition) is 1. The third-order valence-corrected chi connectivity index (χ3v) is 6.46. The van der Waals surface area contributed by atoms with Crippen LogP contribution in [-0.4, -0.2) is 33.2 Å². The number of carbonyl (C=O) groups excluding carboxylic acids is 1. The van der Waals surface area contributed by atoms with Gasteiger partial charge >= 0.3 is 0 Å². The summed E-state index contributed by atoms with van der Waals surface area (Å²) in [5, 5.41) is 0.999. The van der Waals surface area contributed by atoms with Gasteiger partial charge in [0.15, 0.2) is 10.9 Å². The lowest BCUT2D eigenvalue weighted by Crippen LogP contribution is -2.11. The van der Waals surface area contributed by atoms with E-state index in [9.17, 15) is 9.59 Å². The number of nitrogens with zero attached hydrogens (tertiary/aromatic N) is 2. The lowest BCUT2D eigenvalue weighted by Gasteiger charge is -2.10. The van der Waals surface area contributed by atoms with Crippen LogP contribution in [0.25, 0.3) is 10.9 Å². The number of rotatable bonds is 8. The summed E-state index contributed by atoms with van der Waals surface area (Å²) in [4.78, 5) is 32.4. The lowest BCUT2D eigenvalue weighted by molar-refractivity contribution is 0.102. The van der Waals surface area contributed by atoms with Crippen LogP contribution < -0.4 is 10.3 Å². The number of benzene rings is 2. The maximum absolute atomic E-state index is 12.9. The Kier molecular flexibility index (Phi) is 6.46. The number of aromatic amines is 1. The van der Waals surface area contributed by atoms with E-state index in [2.05, 4.69) is 26.7 Å². The minimum absolute atomic E-state index is 0.0228. The smallest absolute Gasteiger partial charge is 0.259 e. The normalized spacial score (nSPS) is 11.1. The SMILES string of the molecule is COc1ccc(CCn2c(C)cc(C(=O)CSc3nc4ccccc4c(=O)[nH]3)c2C)cc1. The first-order valence-corrected chi connectivity index (χ1v) is 11.4. The maximum atomic E-state index is 12.9. The molecule has 0 amide bonds. The van der Waals surface area contributed by atoms with Crippen LogP contribution in [0.4, 0.5) is 0 Å². The van der Waals surface area contributed by atoms with Gasteiger partial charge in [0.1, 0.15) is 5.75 Å². The standard InChI is InChI=1S/C25H25N3O3S/c1-16-14-21(17(2)28(16)13-12-18-8-10-19(31-3)11-9-18)23(29)15-32-25-26-22-7-5-4-6-20(22)24(30)27-25/h4-11,14H,12-13,15H2,1-3H3,(H,26,27,30). The molecule has 4 rings (SSSR count). The fourth-order valence-electron chi connectivity index (χ4n) is 3.81. The molecule has 0 spiro atoms. The predicted molar refractivity (Wildman–Crippen MR) is 128 cm³/mol. The fourth-order valence-corrected chi connectivity index (χ4v) is 4.56. The Morgan fingerprint density at radius 3 is 2.62 bits per heavy atom. The number of ether oxygens (including phenoxy) is 1. The van der Waals surface area contributed by atoms with E-state index in [0.717, 1.165) is 30.1 Å². The summed E-state index contributed by atoms with van der Waals surface area (Å²) in [5.41, 5.74) is 4.38. The number of ketones is 1. The van der Waals surface area contributed by atoms with Crippen LogP contribution in [0.3, 0.4) is 0 Å². The number of Topliss-reactive ketones (excluding diaryl/α,β-unsaturated/α-hetero) is 1. The zero-order chi connectivity index (χ0) is 22.7. The summed E-state index contributed by atoms with van der Waals surface area (Å²) >= 11 is 1.25. The highest BCUT2D eigenvalue weighted by Crippen LogP contribution is 2.21. The molecule has 0 aliphatic heterocycles. The molecule has 0 bridgehead atoms. The highest BCUT2D eigenvalue weighted by Gasteiger charge is 2.17. The number of thioether (sulfide) groups is 1. The topological polar surface area (TPSA) is 77.0 Å². The molecule has 4 aromatic rings. The number of fused-ring (bicyclic) bond motifs is 1. The Bertz CT molecular complexity index is 1320. The van der Waals surface area contributed by atoms with E-state index < -0.39 is 0 Å². The molecule has 164 valence electrons. The van der Waals surface area contributed by atoms with Gasteiger partial charge in [0.05, 0.1) is 23.8 Å². The van der Waals surface area contributed by atoms with Gasteiger partial charge in [-0.3, -0.25) is 9.59 Å². The molecule has 0 radical (unpaired) electrons. The van der Waals surface area contributed by atoms with Crippen molar-refractivity contribution in [2.24, 2.45) is 0 Å². The van der Waals surface area contributed by atoms with Crippen molar-refractivity contribution in [2.45, 2.75) is 32.0 Å². The van der Waals surface area contributed by atoms with Crippen LogP contribution in [0.1, 0.15) is 27.3 Å². The number of aromatic nitrogens is 3. The zero-order valence-electron chi connectivity index (χ0n) is 18.3. The number of hydrogen-bond acceptors (Lipinski definition) is 5. The fraction of sp³-hybridized carbons (Fsp3) is 0.240. The molecule has 2 aromatic heterocycles. The molecule has 6 nitrogen and oxygen atoms in total. The van der Waals surface area contributed by atoms with Crippen molar-refractivity contribution in [1.29, 1.82) is 0 Å². The molecule has 1 N–H and O–H groups in total. The average Bonchev–Trinajstić information content (AvgIpc) is 3.09. The van der Waals surface area contributed by atoms with Crippen molar-refractivity contribution in [1.82, 2.24) is 14.5 Å².